The lowest BCUT2D eigenvalue weighted by atomic mass is 10.0. The van der Waals surface area contributed by atoms with Gasteiger partial charge in [0.2, 0.25) is 0 Å². The van der Waals surface area contributed by atoms with E-state index >= 15 is 0 Å². The summed E-state index contributed by atoms with van der Waals surface area (Å²) >= 11 is 3.01. The molecule has 4 heteroatoms. The third-order valence-electron chi connectivity index (χ3n) is 2.89. The summed E-state index contributed by atoms with van der Waals surface area (Å²) in [5.74, 6) is 0. The molecular weight excluding hydrogens is 262 g/mol. The first-order valence-electron chi connectivity index (χ1n) is 5.54. The molecule has 90 valence electrons. The van der Waals surface area contributed by atoms with Gasteiger partial charge in [0.05, 0.1) is 9.77 Å². The Morgan fingerprint density at radius 2 is 1.89 bits per heavy atom. The Morgan fingerprint density at radius 1 is 1.11 bits per heavy atom. The smallest absolute Gasteiger partial charge is 0.267 e. The minimum atomic E-state index is -0.000342. The van der Waals surface area contributed by atoms with Gasteiger partial charge in [-0.15, -0.1) is 11.8 Å². The van der Waals surface area contributed by atoms with Crippen LogP contribution >= 0.6 is 23.3 Å². The van der Waals surface area contributed by atoms with Gasteiger partial charge in [-0.2, -0.15) is 0 Å². The van der Waals surface area contributed by atoms with Gasteiger partial charge in [0.15, 0.2) is 0 Å². The molecule has 0 atom stereocenters. The SMILES string of the molecule is CSc1s[nH]c(=O)c1-c1ccc2ccccc2c1. The Morgan fingerprint density at radius 3 is 2.67 bits per heavy atom. The molecular formula is C14H11NOS2. The highest BCUT2D eigenvalue weighted by Gasteiger charge is 2.12. The molecule has 0 spiro atoms. The van der Waals surface area contributed by atoms with E-state index in [1.807, 2.05) is 24.5 Å². The second-order valence-electron chi connectivity index (χ2n) is 3.96. The zero-order valence-electron chi connectivity index (χ0n) is 9.77. The van der Waals surface area contributed by atoms with Gasteiger partial charge in [-0.3, -0.25) is 9.17 Å². The minimum absolute atomic E-state index is 0.000342. The maximum Gasteiger partial charge on any atom is 0.267 e. The molecule has 1 aromatic heterocycles. The molecule has 0 unspecified atom stereocenters. The van der Waals surface area contributed by atoms with Crippen molar-refractivity contribution in [1.29, 1.82) is 0 Å². The van der Waals surface area contributed by atoms with Gasteiger partial charge in [-0.05, 0) is 28.7 Å². The maximum absolute atomic E-state index is 11.9. The molecule has 0 radical (unpaired) electrons. The summed E-state index contributed by atoms with van der Waals surface area (Å²) < 4.78 is 3.84. The number of H-pyrrole nitrogens is 1. The van der Waals surface area contributed by atoms with E-state index < -0.39 is 0 Å². The number of aromatic amines is 1. The minimum Gasteiger partial charge on any atom is -0.276 e. The first-order chi connectivity index (χ1) is 8.79. The average Bonchev–Trinajstić information content (AvgIpc) is 2.79. The van der Waals surface area contributed by atoms with Crippen molar-refractivity contribution in [3.05, 3.63) is 52.8 Å². The summed E-state index contributed by atoms with van der Waals surface area (Å²) in [7, 11) is 0. The van der Waals surface area contributed by atoms with E-state index in [0.717, 1.165) is 20.7 Å². The van der Waals surface area contributed by atoms with Crippen LogP contribution in [0.15, 0.2) is 51.5 Å². The Kier molecular flexibility index (Phi) is 2.97. The van der Waals surface area contributed by atoms with Crippen molar-refractivity contribution in [2.24, 2.45) is 0 Å². The van der Waals surface area contributed by atoms with Crippen LogP contribution in [0.3, 0.4) is 0 Å². The van der Waals surface area contributed by atoms with Gasteiger partial charge in [-0.25, -0.2) is 0 Å². The number of rotatable bonds is 2. The lowest BCUT2D eigenvalue weighted by Crippen LogP contribution is -2.00. The number of benzene rings is 2. The van der Waals surface area contributed by atoms with Gasteiger partial charge in [-0.1, -0.05) is 47.9 Å². The summed E-state index contributed by atoms with van der Waals surface area (Å²) in [6, 6.07) is 14.3. The summed E-state index contributed by atoms with van der Waals surface area (Å²) in [6.45, 7) is 0. The molecule has 0 saturated heterocycles. The van der Waals surface area contributed by atoms with Crippen molar-refractivity contribution in [3.8, 4) is 11.1 Å². The highest BCUT2D eigenvalue weighted by Crippen LogP contribution is 2.31. The molecule has 3 aromatic rings. The van der Waals surface area contributed by atoms with Crippen LogP contribution in [0.5, 0.6) is 0 Å². The molecule has 1 N–H and O–H groups in total. The van der Waals surface area contributed by atoms with E-state index in [0.29, 0.717) is 0 Å². The van der Waals surface area contributed by atoms with E-state index in [4.69, 9.17) is 0 Å². The van der Waals surface area contributed by atoms with Crippen LogP contribution in [0.4, 0.5) is 0 Å². The fourth-order valence-corrected chi connectivity index (χ4v) is 3.50. The standard InChI is InChI=1S/C14H11NOS2/c1-17-14-12(13(16)15-18-14)11-7-6-9-4-2-3-5-10(9)8-11/h2-8H,1H3,(H,15,16). The molecule has 0 aliphatic rings. The predicted molar refractivity (Wildman–Crippen MR) is 79.7 cm³/mol. The average molecular weight is 273 g/mol. The van der Waals surface area contributed by atoms with Crippen molar-refractivity contribution in [2.75, 3.05) is 6.26 Å². The van der Waals surface area contributed by atoms with Crippen molar-refractivity contribution >= 4 is 34.1 Å². The number of nitrogens with one attached hydrogen (secondary N) is 1. The van der Waals surface area contributed by atoms with Gasteiger partial charge >= 0.3 is 0 Å². The van der Waals surface area contributed by atoms with Crippen LogP contribution in [-0.2, 0) is 0 Å². The van der Waals surface area contributed by atoms with E-state index in [9.17, 15) is 4.79 Å². The summed E-state index contributed by atoms with van der Waals surface area (Å²) in [5, 5.41) is 2.35. The number of hydrogen-bond donors (Lipinski definition) is 1. The normalized spacial score (nSPS) is 10.9. The Labute approximate surface area is 113 Å². The molecule has 1 heterocycles. The topological polar surface area (TPSA) is 32.9 Å². The summed E-state index contributed by atoms with van der Waals surface area (Å²) in [4.78, 5) is 11.9. The molecule has 0 saturated carbocycles. The largest absolute Gasteiger partial charge is 0.276 e. The van der Waals surface area contributed by atoms with Crippen molar-refractivity contribution in [3.63, 3.8) is 0 Å². The van der Waals surface area contributed by atoms with Gasteiger partial charge in [0.25, 0.3) is 5.56 Å². The summed E-state index contributed by atoms with van der Waals surface area (Å²) in [6.07, 6.45) is 1.99. The molecule has 0 fully saturated rings. The lowest BCUT2D eigenvalue weighted by Gasteiger charge is -2.02. The van der Waals surface area contributed by atoms with Crippen molar-refractivity contribution in [2.45, 2.75) is 4.21 Å². The third kappa shape index (κ3) is 1.87. The highest BCUT2D eigenvalue weighted by molar-refractivity contribution is 8.00. The van der Waals surface area contributed by atoms with E-state index in [1.165, 1.54) is 16.9 Å². The number of fused-ring (bicyclic) bond motifs is 1. The van der Waals surface area contributed by atoms with Crippen LogP contribution in [0, 0.1) is 0 Å². The van der Waals surface area contributed by atoms with E-state index in [2.05, 4.69) is 28.6 Å². The molecule has 0 aliphatic carbocycles. The molecule has 0 amide bonds. The maximum atomic E-state index is 11.9. The third-order valence-corrected chi connectivity index (χ3v) is 4.89. The zero-order valence-corrected chi connectivity index (χ0v) is 11.4. The van der Waals surface area contributed by atoms with E-state index in [1.54, 1.807) is 11.8 Å². The van der Waals surface area contributed by atoms with Gasteiger partial charge in [0.1, 0.15) is 0 Å². The van der Waals surface area contributed by atoms with Crippen LogP contribution in [-0.4, -0.2) is 10.6 Å². The van der Waals surface area contributed by atoms with E-state index in [-0.39, 0.29) is 5.56 Å². The van der Waals surface area contributed by atoms with Crippen molar-refractivity contribution in [1.82, 2.24) is 4.37 Å². The monoisotopic (exact) mass is 273 g/mol. The Bertz CT molecular complexity index is 758. The predicted octanol–water partition coefficient (Wildman–Crippen LogP) is 3.98. The molecule has 3 rings (SSSR count). The summed E-state index contributed by atoms with van der Waals surface area (Å²) in [5.41, 5.74) is 1.78. The molecule has 18 heavy (non-hydrogen) atoms. The van der Waals surface area contributed by atoms with Crippen LogP contribution in [0.2, 0.25) is 0 Å². The van der Waals surface area contributed by atoms with Gasteiger partial charge in [0, 0.05) is 0 Å². The van der Waals surface area contributed by atoms with Crippen LogP contribution < -0.4 is 5.56 Å². The highest BCUT2D eigenvalue weighted by atomic mass is 32.2. The first-order valence-corrected chi connectivity index (χ1v) is 7.58. The Balaban J connectivity index is 2.25. The fraction of sp³-hybridized carbons (Fsp3) is 0.0714. The van der Waals surface area contributed by atoms with Gasteiger partial charge < -0.3 is 0 Å². The number of hydrogen-bond acceptors (Lipinski definition) is 3. The molecule has 2 nitrogen and oxygen atoms in total. The molecule has 0 bridgehead atoms. The van der Waals surface area contributed by atoms with Crippen LogP contribution in [0.1, 0.15) is 0 Å². The fourth-order valence-electron chi connectivity index (χ4n) is 2.02. The molecule has 2 aromatic carbocycles. The quantitative estimate of drug-likeness (QED) is 0.716. The number of aromatic nitrogens is 1. The zero-order chi connectivity index (χ0) is 12.5. The molecule has 0 aliphatic heterocycles. The second-order valence-corrected chi connectivity index (χ2v) is 5.85. The first kappa shape index (κ1) is 11.6. The second kappa shape index (κ2) is 4.63. The van der Waals surface area contributed by atoms with Crippen LogP contribution in [0.25, 0.3) is 21.9 Å². The van der Waals surface area contributed by atoms with Crippen molar-refractivity contribution < 1.29 is 0 Å². The lowest BCUT2D eigenvalue weighted by molar-refractivity contribution is 1.41. The number of thioether (sulfide) groups is 1. The Hall–Kier alpha value is -1.52.